The van der Waals surface area contributed by atoms with Crippen LogP contribution in [0.1, 0.15) is 30.0 Å². The number of aromatic nitrogens is 6. The van der Waals surface area contributed by atoms with Gasteiger partial charge in [-0.05, 0) is 37.3 Å². The number of benzene rings is 1. The number of methoxy groups -OCH3 is 1. The Kier molecular flexibility index (Phi) is 7.04. The van der Waals surface area contributed by atoms with Crippen LogP contribution >= 0.6 is 0 Å². The number of carboxylic acid groups (broad SMARTS) is 1. The second-order valence-electron chi connectivity index (χ2n) is 7.64. The largest absolute Gasteiger partial charge is 0.480 e. The highest BCUT2D eigenvalue weighted by Gasteiger charge is 2.14. The molecule has 0 aliphatic rings. The first kappa shape index (κ1) is 23.5. The molecule has 0 amide bonds. The summed E-state index contributed by atoms with van der Waals surface area (Å²) in [6, 6.07) is 16.5. The summed E-state index contributed by atoms with van der Waals surface area (Å²) in [7, 11) is 1.63. The number of hydrogen-bond donors (Lipinski definition) is 2. The number of nitrogens with zero attached hydrogens (tertiary/aromatic N) is 7. The molecule has 0 aliphatic heterocycles. The molecule has 0 saturated heterocycles. The van der Waals surface area contributed by atoms with Gasteiger partial charge < -0.3 is 15.2 Å². The van der Waals surface area contributed by atoms with Gasteiger partial charge in [0.25, 0.3) is 0 Å². The summed E-state index contributed by atoms with van der Waals surface area (Å²) < 4.78 is 6.98. The molecular formula is C24H22N8O3. The van der Waals surface area contributed by atoms with Crippen LogP contribution in [-0.2, 0) is 16.1 Å². The molecular weight excluding hydrogens is 448 g/mol. The van der Waals surface area contributed by atoms with Gasteiger partial charge in [0.1, 0.15) is 12.2 Å². The van der Waals surface area contributed by atoms with Crippen molar-refractivity contribution in [2.75, 3.05) is 19.0 Å². The molecule has 2 N–H and O–H groups in total. The van der Waals surface area contributed by atoms with Gasteiger partial charge in [-0.1, -0.05) is 23.4 Å². The molecule has 4 aromatic rings. The van der Waals surface area contributed by atoms with Crippen molar-refractivity contribution in [1.29, 1.82) is 5.26 Å². The Labute approximate surface area is 201 Å². The monoisotopic (exact) mass is 470 g/mol. The number of pyridine rings is 1. The lowest BCUT2D eigenvalue weighted by Gasteiger charge is -2.10. The highest BCUT2D eigenvalue weighted by atomic mass is 16.5. The Morgan fingerprint density at radius 1 is 1.14 bits per heavy atom. The van der Waals surface area contributed by atoms with Crippen molar-refractivity contribution in [1.82, 2.24) is 29.9 Å². The molecule has 0 bridgehead atoms. The Morgan fingerprint density at radius 2 is 1.94 bits per heavy atom. The predicted octanol–water partition coefficient (Wildman–Crippen LogP) is 2.92. The highest BCUT2D eigenvalue weighted by molar-refractivity contribution is 5.73. The van der Waals surface area contributed by atoms with Crippen molar-refractivity contribution in [3.05, 3.63) is 71.7 Å². The van der Waals surface area contributed by atoms with E-state index in [1.807, 2.05) is 31.2 Å². The van der Waals surface area contributed by atoms with Crippen LogP contribution in [0.4, 0.5) is 5.95 Å². The topological polar surface area (TPSA) is 152 Å². The molecule has 0 saturated carbocycles. The van der Waals surface area contributed by atoms with E-state index < -0.39 is 5.97 Å². The summed E-state index contributed by atoms with van der Waals surface area (Å²) >= 11 is 0. The first-order valence-electron chi connectivity index (χ1n) is 10.7. The molecule has 0 spiro atoms. The lowest BCUT2D eigenvalue weighted by molar-refractivity contribution is -0.134. The quantitative estimate of drug-likeness (QED) is 0.373. The van der Waals surface area contributed by atoms with Gasteiger partial charge in [0.05, 0.1) is 53.3 Å². The van der Waals surface area contributed by atoms with Crippen molar-refractivity contribution >= 4 is 11.9 Å². The van der Waals surface area contributed by atoms with Gasteiger partial charge in [-0.2, -0.15) is 5.26 Å². The summed E-state index contributed by atoms with van der Waals surface area (Å²) in [5.74, 6) is -0.921. The van der Waals surface area contributed by atoms with Crippen LogP contribution in [0.15, 0.2) is 54.7 Å². The molecule has 0 aliphatic carbocycles. The van der Waals surface area contributed by atoms with E-state index >= 15 is 0 Å². The summed E-state index contributed by atoms with van der Waals surface area (Å²) in [5, 5.41) is 29.4. The fourth-order valence-electron chi connectivity index (χ4n) is 3.30. The SMILES string of the molecule is COC(C)c1cccc(Cn2cc(-c3cc(-c4cccc(C#N)c4)nc(NCC(=O)O)n3)nn2)n1. The van der Waals surface area contributed by atoms with Gasteiger partial charge in [0.15, 0.2) is 0 Å². The molecule has 11 nitrogen and oxygen atoms in total. The number of hydrogen-bond acceptors (Lipinski definition) is 9. The molecule has 0 fully saturated rings. The van der Waals surface area contributed by atoms with Crippen molar-refractivity contribution in [3.8, 4) is 28.7 Å². The van der Waals surface area contributed by atoms with Crippen molar-refractivity contribution < 1.29 is 14.6 Å². The molecule has 0 radical (unpaired) electrons. The summed E-state index contributed by atoms with van der Waals surface area (Å²) in [6.45, 7) is 1.97. The van der Waals surface area contributed by atoms with Crippen molar-refractivity contribution in [2.45, 2.75) is 19.6 Å². The normalized spacial score (nSPS) is 11.6. The number of nitriles is 1. The van der Waals surface area contributed by atoms with Crippen LogP contribution in [0.25, 0.3) is 22.6 Å². The molecule has 1 atom stereocenters. The summed E-state index contributed by atoms with van der Waals surface area (Å²) in [6.07, 6.45) is 1.60. The van der Waals surface area contributed by atoms with Crippen molar-refractivity contribution in [3.63, 3.8) is 0 Å². The van der Waals surface area contributed by atoms with Crippen LogP contribution in [0, 0.1) is 11.3 Å². The second-order valence-corrected chi connectivity index (χ2v) is 7.64. The Morgan fingerprint density at radius 3 is 2.71 bits per heavy atom. The van der Waals surface area contributed by atoms with E-state index in [1.165, 1.54) is 0 Å². The maximum Gasteiger partial charge on any atom is 0.322 e. The maximum atomic E-state index is 11.0. The van der Waals surface area contributed by atoms with E-state index in [0.29, 0.717) is 34.8 Å². The third kappa shape index (κ3) is 5.82. The van der Waals surface area contributed by atoms with Crippen molar-refractivity contribution in [2.24, 2.45) is 0 Å². The van der Waals surface area contributed by atoms with E-state index in [9.17, 15) is 10.1 Å². The minimum Gasteiger partial charge on any atom is -0.480 e. The lowest BCUT2D eigenvalue weighted by Crippen LogP contribution is -2.14. The smallest absolute Gasteiger partial charge is 0.322 e. The average molecular weight is 470 g/mol. The van der Waals surface area contributed by atoms with E-state index in [1.54, 1.807) is 42.3 Å². The molecule has 176 valence electrons. The van der Waals surface area contributed by atoms with Gasteiger partial charge >= 0.3 is 5.97 Å². The Hall–Kier alpha value is -4.69. The van der Waals surface area contributed by atoms with Gasteiger partial charge in [0.2, 0.25) is 5.95 Å². The van der Waals surface area contributed by atoms with E-state index in [4.69, 9.17) is 9.84 Å². The molecule has 1 aromatic carbocycles. The Bertz CT molecular complexity index is 1400. The van der Waals surface area contributed by atoms with E-state index in [0.717, 1.165) is 11.4 Å². The number of ether oxygens (including phenoxy) is 1. The predicted molar refractivity (Wildman–Crippen MR) is 126 cm³/mol. The molecule has 4 rings (SSSR count). The summed E-state index contributed by atoms with van der Waals surface area (Å²) in [5.41, 5.74) is 4.22. The van der Waals surface area contributed by atoms with E-state index in [-0.39, 0.29) is 18.6 Å². The molecule has 3 heterocycles. The fraction of sp³-hybridized carbons (Fsp3) is 0.208. The minimum absolute atomic E-state index is 0.125. The van der Waals surface area contributed by atoms with E-state index in [2.05, 4.69) is 36.7 Å². The summed E-state index contributed by atoms with van der Waals surface area (Å²) in [4.78, 5) is 24.5. The molecule has 35 heavy (non-hydrogen) atoms. The maximum absolute atomic E-state index is 11.0. The van der Waals surface area contributed by atoms with Gasteiger partial charge in [0, 0.05) is 12.7 Å². The third-order valence-corrected chi connectivity index (χ3v) is 5.13. The molecule has 3 aromatic heterocycles. The zero-order chi connectivity index (χ0) is 24.8. The zero-order valence-electron chi connectivity index (χ0n) is 19.1. The molecule has 11 heteroatoms. The van der Waals surface area contributed by atoms with Crippen LogP contribution in [0.2, 0.25) is 0 Å². The average Bonchev–Trinajstić information content (AvgIpc) is 3.35. The second kappa shape index (κ2) is 10.5. The number of anilines is 1. The van der Waals surface area contributed by atoms with Crippen LogP contribution in [0.5, 0.6) is 0 Å². The fourth-order valence-corrected chi connectivity index (χ4v) is 3.30. The number of carboxylic acids is 1. The van der Waals surface area contributed by atoms with Gasteiger partial charge in [-0.25, -0.2) is 14.6 Å². The number of rotatable bonds is 9. The number of aliphatic carboxylic acids is 1. The minimum atomic E-state index is -1.05. The third-order valence-electron chi connectivity index (χ3n) is 5.13. The number of nitrogens with one attached hydrogen (secondary N) is 1. The lowest BCUT2D eigenvalue weighted by atomic mass is 10.1. The van der Waals surface area contributed by atoms with Crippen LogP contribution < -0.4 is 5.32 Å². The zero-order valence-corrected chi connectivity index (χ0v) is 19.1. The first-order valence-corrected chi connectivity index (χ1v) is 10.7. The van der Waals surface area contributed by atoms with Gasteiger partial charge in [-0.15, -0.1) is 5.10 Å². The highest BCUT2D eigenvalue weighted by Crippen LogP contribution is 2.25. The standard InChI is InChI=1S/C24H22N8O3/c1-15(35-2)19-8-4-7-18(27-19)13-32-14-22(30-31-32)21-10-20(17-6-3-5-16(9-17)11-25)28-24(29-21)26-12-23(33)34/h3-10,14-15H,12-13H2,1-2H3,(H,33,34)(H,26,28,29). The van der Waals surface area contributed by atoms with Gasteiger partial charge in [-0.3, -0.25) is 9.78 Å². The van der Waals surface area contributed by atoms with Crippen LogP contribution in [0.3, 0.4) is 0 Å². The molecule has 1 unspecified atom stereocenters. The number of carbonyl (C=O) groups is 1. The first-order chi connectivity index (χ1) is 16.9. The van der Waals surface area contributed by atoms with Crippen LogP contribution in [-0.4, -0.2) is 54.7 Å². The Balaban J connectivity index is 1.65.